The first-order valence-electron chi connectivity index (χ1n) is 5.98. The third-order valence-corrected chi connectivity index (χ3v) is 3.30. The molecule has 0 aliphatic carbocycles. The standard InChI is InChI=1S/C12H4BrF9N2O/c13-8-7(11(17,18)19)23-9(24-8)5-2-1-4(25-12(20,21)22)3-6(5)10(14,15)16/h1-3H,(H,23,24). The van der Waals surface area contributed by atoms with Gasteiger partial charge in [-0.25, -0.2) is 4.98 Å². The molecule has 2 rings (SSSR count). The van der Waals surface area contributed by atoms with E-state index in [4.69, 9.17) is 0 Å². The van der Waals surface area contributed by atoms with Crippen LogP contribution in [0.3, 0.4) is 0 Å². The molecule has 0 aliphatic rings. The highest BCUT2D eigenvalue weighted by atomic mass is 79.9. The molecular weight excluding hydrogens is 439 g/mol. The molecule has 0 saturated carbocycles. The van der Waals surface area contributed by atoms with Crippen LogP contribution in [-0.2, 0) is 12.4 Å². The van der Waals surface area contributed by atoms with Gasteiger partial charge in [0.25, 0.3) is 0 Å². The number of nitrogens with zero attached hydrogens (tertiary/aromatic N) is 1. The average molecular weight is 443 g/mol. The lowest BCUT2D eigenvalue weighted by atomic mass is 10.1. The quantitative estimate of drug-likeness (QED) is 0.599. The number of hydrogen-bond donors (Lipinski definition) is 1. The van der Waals surface area contributed by atoms with Crippen LogP contribution in [0, 0.1) is 0 Å². The third-order valence-electron chi connectivity index (χ3n) is 2.73. The zero-order valence-corrected chi connectivity index (χ0v) is 13.0. The first kappa shape index (κ1) is 19.4. The number of rotatable bonds is 2. The molecule has 1 N–H and O–H groups in total. The van der Waals surface area contributed by atoms with Crippen molar-refractivity contribution in [3.8, 4) is 17.1 Å². The molecule has 0 bridgehead atoms. The van der Waals surface area contributed by atoms with Gasteiger partial charge in [0, 0.05) is 5.56 Å². The zero-order valence-electron chi connectivity index (χ0n) is 11.4. The molecule has 0 amide bonds. The topological polar surface area (TPSA) is 37.9 Å². The highest BCUT2D eigenvalue weighted by Gasteiger charge is 2.39. The molecule has 25 heavy (non-hydrogen) atoms. The summed E-state index contributed by atoms with van der Waals surface area (Å²) in [6.45, 7) is 0. The van der Waals surface area contributed by atoms with Crippen molar-refractivity contribution < 1.29 is 44.3 Å². The molecule has 0 radical (unpaired) electrons. The van der Waals surface area contributed by atoms with Crippen LogP contribution in [0.25, 0.3) is 11.4 Å². The summed E-state index contributed by atoms with van der Waals surface area (Å²) in [5, 5.41) is 0. The number of imidazole rings is 1. The average Bonchev–Trinajstić information content (AvgIpc) is 2.77. The van der Waals surface area contributed by atoms with Crippen LogP contribution in [0.2, 0.25) is 0 Å². The number of aromatic nitrogens is 2. The minimum absolute atomic E-state index is 0.0203. The number of halogens is 10. The Labute approximate surface area is 140 Å². The fourth-order valence-corrected chi connectivity index (χ4v) is 2.33. The summed E-state index contributed by atoms with van der Waals surface area (Å²) in [4.78, 5) is 4.98. The van der Waals surface area contributed by atoms with Gasteiger partial charge in [-0.3, -0.25) is 0 Å². The van der Waals surface area contributed by atoms with E-state index in [9.17, 15) is 39.5 Å². The van der Waals surface area contributed by atoms with Crippen LogP contribution in [0.4, 0.5) is 39.5 Å². The summed E-state index contributed by atoms with van der Waals surface area (Å²) in [6, 6.07) is 1.07. The minimum Gasteiger partial charge on any atom is -0.406 e. The normalized spacial score (nSPS) is 13.2. The Morgan fingerprint density at radius 2 is 1.52 bits per heavy atom. The molecule has 1 heterocycles. The molecule has 0 atom stereocenters. The minimum atomic E-state index is -5.23. The van der Waals surface area contributed by atoms with E-state index in [-0.39, 0.29) is 6.07 Å². The largest absolute Gasteiger partial charge is 0.573 e. The van der Waals surface area contributed by atoms with E-state index >= 15 is 0 Å². The van der Waals surface area contributed by atoms with Crippen molar-refractivity contribution in [3.05, 3.63) is 34.1 Å². The van der Waals surface area contributed by atoms with Crippen LogP contribution < -0.4 is 4.74 Å². The monoisotopic (exact) mass is 442 g/mol. The molecule has 0 unspecified atom stereocenters. The molecule has 0 spiro atoms. The fourth-order valence-electron chi connectivity index (χ4n) is 1.83. The van der Waals surface area contributed by atoms with Crippen molar-refractivity contribution in [1.29, 1.82) is 0 Å². The predicted octanol–water partition coefficient (Wildman–Crippen LogP) is 5.78. The smallest absolute Gasteiger partial charge is 0.406 e. The second-order valence-corrected chi connectivity index (χ2v) is 5.25. The van der Waals surface area contributed by atoms with Gasteiger partial charge < -0.3 is 9.72 Å². The molecule has 0 aliphatic heterocycles. The third kappa shape index (κ3) is 4.58. The Bertz CT molecular complexity index is 776. The molecule has 0 fully saturated rings. The molecule has 13 heteroatoms. The zero-order chi connectivity index (χ0) is 19.2. The highest BCUT2D eigenvalue weighted by molar-refractivity contribution is 9.10. The Balaban J connectivity index is 2.58. The van der Waals surface area contributed by atoms with Gasteiger partial charge in [0.1, 0.15) is 16.2 Å². The molecule has 0 saturated heterocycles. The number of nitrogens with one attached hydrogen (secondary N) is 1. The van der Waals surface area contributed by atoms with E-state index in [2.05, 4.69) is 25.7 Å². The lowest BCUT2D eigenvalue weighted by Gasteiger charge is -2.15. The van der Waals surface area contributed by atoms with Crippen molar-refractivity contribution >= 4 is 15.9 Å². The summed E-state index contributed by atoms with van der Waals surface area (Å²) in [6.07, 6.45) is -15.3. The number of benzene rings is 1. The fraction of sp³-hybridized carbons (Fsp3) is 0.250. The highest BCUT2D eigenvalue weighted by Crippen LogP contribution is 2.41. The van der Waals surface area contributed by atoms with Gasteiger partial charge in [-0.2, -0.15) is 26.3 Å². The summed E-state index contributed by atoms with van der Waals surface area (Å²) >= 11 is 2.46. The number of hydrogen-bond acceptors (Lipinski definition) is 2. The first-order valence-corrected chi connectivity index (χ1v) is 6.78. The number of H-pyrrole nitrogens is 1. The van der Waals surface area contributed by atoms with Crippen LogP contribution in [0.15, 0.2) is 22.8 Å². The maximum atomic E-state index is 13.1. The van der Waals surface area contributed by atoms with Crippen LogP contribution in [0.1, 0.15) is 11.3 Å². The van der Waals surface area contributed by atoms with Crippen molar-refractivity contribution in [2.45, 2.75) is 18.7 Å². The van der Waals surface area contributed by atoms with Crippen molar-refractivity contribution in [2.24, 2.45) is 0 Å². The van der Waals surface area contributed by atoms with Crippen LogP contribution >= 0.6 is 15.9 Å². The maximum absolute atomic E-state index is 13.1. The molecule has 1 aromatic heterocycles. The van der Waals surface area contributed by atoms with Crippen molar-refractivity contribution in [1.82, 2.24) is 9.97 Å². The lowest BCUT2D eigenvalue weighted by Crippen LogP contribution is -2.18. The Kier molecular flexibility index (Phi) is 4.74. The van der Waals surface area contributed by atoms with Crippen LogP contribution in [0.5, 0.6) is 5.75 Å². The number of ether oxygens (including phenoxy) is 1. The lowest BCUT2D eigenvalue weighted by molar-refractivity contribution is -0.274. The second-order valence-electron chi connectivity index (χ2n) is 4.50. The summed E-state index contributed by atoms with van der Waals surface area (Å²) < 4.78 is 116. The second kappa shape index (κ2) is 6.11. The Morgan fingerprint density at radius 1 is 0.920 bits per heavy atom. The summed E-state index contributed by atoms with van der Waals surface area (Å²) in [7, 11) is 0. The van der Waals surface area contributed by atoms with Gasteiger partial charge >= 0.3 is 18.7 Å². The summed E-state index contributed by atoms with van der Waals surface area (Å²) in [5.74, 6) is -2.00. The molecule has 3 nitrogen and oxygen atoms in total. The van der Waals surface area contributed by atoms with Gasteiger partial charge in [-0.1, -0.05) is 0 Å². The van der Waals surface area contributed by atoms with E-state index in [0.717, 1.165) is 0 Å². The summed E-state index contributed by atoms with van der Waals surface area (Å²) in [5.41, 5.74) is -3.96. The van der Waals surface area contributed by atoms with E-state index in [1.54, 1.807) is 4.98 Å². The van der Waals surface area contributed by atoms with E-state index in [0.29, 0.717) is 12.1 Å². The van der Waals surface area contributed by atoms with Crippen molar-refractivity contribution in [2.75, 3.05) is 0 Å². The Morgan fingerprint density at radius 3 is 1.96 bits per heavy atom. The molecular formula is C12H4BrF9N2O. The van der Waals surface area contributed by atoms with Gasteiger partial charge in [-0.05, 0) is 34.1 Å². The number of aromatic amines is 1. The van der Waals surface area contributed by atoms with Crippen LogP contribution in [-0.4, -0.2) is 16.3 Å². The molecule has 138 valence electrons. The number of alkyl halides is 9. The van der Waals surface area contributed by atoms with Gasteiger partial charge in [-0.15, -0.1) is 13.2 Å². The molecule has 2 aromatic rings. The van der Waals surface area contributed by atoms with Gasteiger partial charge in [0.2, 0.25) is 0 Å². The van der Waals surface area contributed by atoms with E-state index in [1.807, 2.05) is 0 Å². The maximum Gasteiger partial charge on any atom is 0.573 e. The SMILES string of the molecule is FC(F)(F)Oc1ccc(-c2nc(Br)c(C(F)(F)F)[nH]2)c(C(F)(F)F)c1. The predicted molar refractivity (Wildman–Crippen MR) is 68.4 cm³/mol. The van der Waals surface area contributed by atoms with Crippen molar-refractivity contribution in [3.63, 3.8) is 0 Å². The van der Waals surface area contributed by atoms with Gasteiger partial charge in [0.15, 0.2) is 5.69 Å². The van der Waals surface area contributed by atoms with E-state index in [1.165, 1.54) is 0 Å². The Hall–Kier alpha value is -1.92. The van der Waals surface area contributed by atoms with Gasteiger partial charge in [0.05, 0.1) is 5.56 Å². The molecule has 1 aromatic carbocycles. The first-order chi connectivity index (χ1) is 11.2. The van der Waals surface area contributed by atoms with E-state index < -0.39 is 51.7 Å².